The van der Waals surface area contributed by atoms with Gasteiger partial charge in [0, 0.05) is 57.8 Å². The largest absolute Gasteiger partial charge is 0.464 e. The predicted octanol–water partition coefficient (Wildman–Crippen LogP) is 3.39. The van der Waals surface area contributed by atoms with Crippen LogP contribution in [0.1, 0.15) is 39.0 Å². The zero-order valence-electron chi connectivity index (χ0n) is 21.0. The topological polar surface area (TPSA) is 74.1 Å². The van der Waals surface area contributed by atoms with Crippen LogP contribution in [0, 0.1) is 5.92 Å². The average Bonchev–Trinajstić information content (AvgIpc) is 3.44. The van der Waals surface area contributed by atoms with E-state index in [9.17, 15) is 4.79 Å². The molecule has 1 saturated carbocycles. The van der Waals surface area contributed by atoms with Crippen molar-refractivity contribution in [2.24, 2.45) is 5.92 Å². The molecule has 2 aromatic heterocycles. The van der Waals surface area contributed by atoms with E-state index in [1.807, 2.05) is 12.1 Å². The van der Waals surface area contributed by atoms with Crippen molar-refractivity contribution < 1.29 is 13.9 Å². The zero-order chi connectivity index (χ0) is 24.0. The standard InChI is InChI=1S/C27H39N5O3/c1-21(33)28-24-6-4-22(5-7-24)8-9-30-10-12-31(13-11-30)26-19-23(25-3-2-16-35-25)20-27(29-26)32-14-17-34-18-15-32/h2-3,16,19-20,22,24H,4-15,17-18H2,1H3,(H,28,33). The molecule has 0 spiro atoms. The quantitative estimate of drug-likeness (QED) is 0.650. The Hall–Kier alpha value is -2.58. The number of hydrogen-bond donors (Lipinski definition) is 1. The Morgan fingerprint density at radius 2 is 1.69 bits per heavy atom. The first-order valence-corrected chi connectivity index (χ1v) is 13.3. The third-order valence-corrected chi connectivity index (χ3v) is 7.74. The number of rotatable bonds is 7. The van der Waals surface area contributed by atoms with Crippen LogP contribution >= 0.6 is 0 Å². The molecule has 2 aromatic rings. The van der Waals surface area contributed by atoms with Gasteiger partial charge in [-0.1, -0.05) is 0 Å². The molecule has 35 heavy (non-hydrogen) atoms. The van der Waals surface area contributed by atoms with Gasteiger partial charge in [0.2, 0.25) is 5.91 Å². The van der Waals surface area contributed by atoms with Crippen LogP contribution in [0.15, 0.2) is 34.9 Å². The number of nitrogens with zero attached hydrogens (tertiary/aromatic N) is 4. The highest BCUT2D eigenvalue weighted by molar-refractivity contribution is 5.73. The van der Waals surface area contributed by atoms with E-state index in [2.05, 4.69) is 32.1 Å². The molecule has 2 saturated heterocycles. The van der Waals surface area contributed by atoms with Crippen LogP contribution in [-0.4, -0.2) is 80.9 Å². The molecule has 4 heterocycles. The van der Waals surface area contributed by atoms with E-state index in [0.717, 1.165) is 94.2 Å². The summed E-state index contributed by atoms with van der Waals surface area (Å²) in [7, 11) is 0. The second-order valence-corrected chi connectivity index (χ2v) is 10.2. The molecule has 8 nitrogen and oxygen atoms in total. The smallest absolute Gasteiger partial charge is 0.217 e. The van der Waals surface area contributed by atoms with Crippen molar-refractivity contribution in [2.45, 2.75) is 45.1 Å². The molecule has 0 aromatic carbocycles. The van der Waals surface area contributed by atoms with Crippen molar-refractivity contribution in [2.75, 3.05) is 68.8 Å². The normalized spacial score (nSPS) is 23.9. The van der Waals surface area contributed by atoms with E-state index in [4.69, 9.17) is 14.1 Å². The van der Waals surface area contributed by atoms with Crippen molar-refractivity contribution in [3.63, 3.8) is 0 Å². The van der Waals surface area contributed by atoms with Gasteiger partial charge in [0.1, 0.15) is 17.4 Å². The second kappa shape index (κ2) is 11.4. The second-order valence-electron chi connectivity index (χ2n) is 10.2. The number of pyridine rings is 1. The molecule has 1 N–H and O–H groups in total. The van der Waals surface area contributed by atoms with Gasteiger partial charge in [0.25, 0.3) is 0 Å². The number of hydrogen-bond acceptors (Lipinski definition) is 7. The van der Waals surface area contributed by atoms with Crippen molar-refractivity contribution in [3.8, 4) is 11.3 Å². The van der Waals surface area contributed by atoms with Crippen molar-refractivity contribution in [1.29, 1.82) is 0 Å². The summed E-state index contributed by atoms with van der Waals surface area (Å²) in [6, 6.07) is 8.66. The maximum atomic E-state index is 11.3. The summed E-state index contributed by atoms with van der Waals surface area (Å²) >= 11 is 0. The summed E-state index contributed by atoms with van der Waals surface area (Å²) in [5, 5.41) is 3.09. The molecule has 8 heteroatoms. The summed E-state index contributed by atoms with van der Waals surface area (Å²) in [5.41, 5.74) is 1.08. The fourth-order valence-electron chi connectivity index (χ4n) is 5.65. The Morgan fingerprint density at radius 1 is 1.00 bits per heavy atom. The van der Waals surface area contributed by atoms with Crippen LogP contribution in [0.25, 0.3) is 11.3 Å². The SMILES string of the molecule is CC(=O)NC1CCC(CCN2CCN(c3cc(-c4ccco4)cc(N4CCOCC4)n3)CC2)CC1. The summed E-state index contributed by atoms with van der Waals surface area (Å²) in [5.74, 6) is 3.83. The van der Waals surface area contributed by atoms with Crippen LogP contribution in [-0.2, 0) is 9.53 Å². The Morgan fingerprint density at radius 3 is 2.31 bits per heavy atom. The number of amides is 1. The number of morpholine rings is 1. The number of anilines is 2. The highest BCUT2D eigenvalue weighted by atomic mass is 16.5. The van der Waals surface area contributed by atoms with Gasteiger partial charge in [-0.3, -0.25) is 9.69 Å². The number of aromatic nitrogens is 1. The predicted molar refractivity (Wildman–Crippen MR) is 138 cm³/mol. The maximum absolute atomic E-state index is 11.3. The Labute approximate surface area is 208 Å². The number of nitrogens with one attached hydrogen (secondary N) is 1. The Balaban J connectivity index is 1.16. The van der Waals surface area contributed by atoms with Crippen molar-refractivity contribution >= 4 is 17.5 Å². The van der Waals surface area contributed by atoms with Gasteiger partial charge in [-0.15, -0.1) is 0 Å². The van der Waals surface area contributed by atoms with Gasteiger partial charge in [-0.05, 0) is 68.8 Å². The monoisotopic (exact) mass is 481 g/mol. The lowest BCUT2D eigenvalue weighted by molar-refractivity contribution is -0.119. The van der Waals surface area contributed by atoms with Gasteiger partial charge in [-0.25, -0.2) is 4.98 Å². The first-order chi connectivity index (χ1) is 17.1. The first kappa shape index (κ1) is 24.1. The van der Waals surface area contributed by atoms with E-state index in [1.165, 1.54) is 25.8 Å². The lowest BCUT2D eigenvalue weighted by Crippen LogP contribution is -2.47. The minimum absolute atomic E-state index is 0.104. The lowest BCUT2D eigenvalue weighted by atomic mass is 9.84. The number of carbonyl (C=O) groups is 1. The minimum Gasteiger partial charge on any atom is -0.464 e. The van der Waals surface area contributed by atoms with Gasteiger partial charge in [-0.2, -0.15) is 0 Å². The Kier molecular flexibility index (Phi) is 7.88. The van der Waals surface area contributed by atoms with Crippen LogP contribution in [0.3, 0.4) is 0 Å². The number of piperazine rings is 1. The van der Waals surface area contributed by atoms with E-state index < -0.39 is 0 Å². The molecule has 2 aliphatic heterocycles. The fourth-order valence-corrected chi connectivity index (χ4v) is 5.65. The van der Waals surface area contributed by atoms with E-state index in [0.29, 0.717) is 6.04 Å². The van der Waals surface area contributed by atoms with Crippen LogP contribution < -0.4 is 15.1 Å². The fraction of sp³-hybridized carbons (Fsp3) is 0.630. The summed E-state index contributed by atoms with van der Waals surface area (Å²) in [4.78, 5) is 23.7. The third-order valence-electron chi connectivity index (χ3n) is 7.74. The molecular weight excluding hydrogens is 442 g/mol. The number of furan rings is 1. The van der Waals surface area contributed by atoms with Crippen molar-refractivity contribution in [3.05, 3.63) is 30.5 Å². The van der Waals surface area contributed by atoms with Gasteiger partial charge >= 0.3 is 0 Å². The number of carbonyl (C=O) groups excluding carboxylic acids is 1. The number of ether oxygens (including phenoxy) is 1. The molecule has 0 atom stereocenters. The molecule has 1 amide bonds. The third kappa shape index (κ3) is 6.35. The first-order valence-electron chi connectivity index (χ1n) is 13.3. The lowest BCUT2D eigenvalue weighted by Gasteiger charge is -2.37. The van der Waals surface area contributed by atoms with Gasteiger partial charge in [0.05, 0.1) is 19.5 Å². The molecule has 190 valence electrons. The molecule has 0 unspecified atom stereocenters. The molecule has 5 rings (SSSR count). The van der Waals surface area contributed by atoms with Crippen LogP contribution in [0.2, 0.25) is 0 Å². The minimum atomic E-state index is 0.104. The average molecular weight is 482 g/mol. The zero-order valence-corrected chi connectivity index (χ0v) is 21.0. The van der Waals surface area contributed by atoms with Crippen molar-refractivity contribution in [1.82, 2.24) is 15.2 Å². The van der Waals surface area contributed by atoms with E-state index in [-0.39, 0.29) is 5.91 Å². The van der Waals surface area contributed by atoms with E-state index in [1.54, 1.807) is 13.2 Å². The van der Waals surface area contributed by atoms with Gasteiger partial charge < -0.3 is 24.3 Å². The van der Waals surface area contributed by atoms with Gasteiger partial charge in [0.15, 0.2) is 0 Å². The van der Waals surface area contributed by atoms with Crippen LogP contribution in [0.5, 0.6) is 0 Å². The highest BCUT2D eigenvalue weighted by Gasteiger charge is 2.24. The molecule has 3 aliphatic rings. The molecular formula is C27H39N5O3. The van der Waals surface area contributed by atoms with E-state index >= 15 is 0 Å². The molecule has 3 fully saturated rings. The molecule has 1 aliphatic carbocycles. The van der Waals surface area contributed by atoms with Crippen LogP contribution in [0.4, 0.5) is 11.6 Å². The molecule has 0 radical (unpaired) electrons. The summed E-state index contributed by atoms with van der Waals surface area (Å²) in [6.45, 7) is 10.1. The Bertz CT molecular complexity index is 944. The summed E-state index contributed by atoms with van der Waals surface area (Å²) in [6.07, 6.45) is 7.72. The summed E-state index contributed by atoms with van der Waals surface area (Å²) < 4.78 is 11.3. The highest BCUT2D eigenvalue weighted by Crippen LogP contribution is 2.30. The maximum Gasteiger partial charge on any atom is 0.217 e. The molecule has 0 bridgehead atoms.